The van der Waals surface area contributed by atoms with E-state index in [0.29, 0.717) is 22.4 Å². The van der Waals surface area contributed by atoms with Gasteiger partial charge >= 0.3 is 12.3 Å². The van der Waals surface area contributed by atoms with E-state index < -0.39 is 19.0 Å². The van der Waals surface area contributed by atoms with Crippen LogP contribution in [-0.2, 0) is 11.3 Å². The third-order valence-corrected chi connectivity index (χ3v) is 5.48. The van der Waals surface area contributed by atoms with Gasteiger partial charge in [0, 0.05) is 29.9 Å². The van der Waals surface area contributed by atoms with Crippen LogP contribution in [0.1, 0.15) is 40.7 Å². The molecule has 0 aromatic heterocycles. The van der Waals surface area contributed by atoms with Crippen molar-refractivity contribution in [2.75, 3.05) is 31.7 Å². The Balaban J connectivity index is 1.63. The summed E-state index contributed by atoms with van der Waals surface area (Å²) in [4.78, 5) is 14.9. The van der Waals surface area contributed by atoms with Gasteiger partial charge in [0.1, 0.15) is 12.4 Å². The predicted octanol–water partition coefficient (Wildman–Crippen LogP) is 6.00. The fourth-order valence-electron chi connectivity index (χ4n) is 3.63. The summed E-state index contributed by atoms with van der Waals surface area (Å²) in [5.74, 6) is -4.03. The van der Waals surface area contributed by atoms with Crippen molar-refractivity contribution in [3.8, 4) is 5.75 Å². The number of carbonyl (C=O) groups is 1. The second-order valence-electron chi connectivity index (χ2n) is 7.92. The minimum absolute atomic E-state index is 0.176. The molecule has 1 aliphatic rings. The van der Waals surface area contributed by atoms with E-state index >= 15 is 0 Å². The molecule has 1 saturated heterocycles. The van der Waals surface area contributed by atoms with Gasteiger partial charge in [0.15, 0.2) is 5.78 Å². The van der Waals surface area contributed by atoms with Gasteiger partial charge in [-0.3, -0.25) is 4.79 Å². The molecule has 0 aliphatic carbocycles. The van der Waals surface area contributed by atoms with Crippen LogP contribution in [0.25, 0.3) is 6.08 Å². The SMILES string of the molecule is COc1ccc(/C=C/C(=O)c2ccc(N3CCCCC3)cc2)cc1COCC(F)(F)C(F)F. The Hall–Kier alpha value is -2.87. The van der Waals surface area contributed by atoms with Crippen molar-refractivity contribution in [2.24, 2.45) is 0 Å². The lowest BCUT2D eigenvalue weighted by Gasteiger charge is -2.28. The first-order valence-electron chi connectivity index (χ1n) is 10.8. The molecule has 1 aliphatic heterocycles. The molecule has 8 heteroatoms. The molecule has 3 rings (SSSR count). The minimum atomic E-state index is -4.22. The molecule has 0 saturated carbocycles. The normalized spacial score (nSPS) is 14.8. The van der Waals surface area contributed by atoms with E-state index in [9.17, 15) is 22.4 Å². The monoisotopic (exact) mass is 465 g/mol. The maximum atomic E-state index is 13.1. The second-order valence-corrected chi connectivity index (χ2v) is 7.92. The number of benzene rings is 2. The Morgan fingerprint density at radius 2 is 1.79 bits per heavy atom. The van der Waals surface area contributed by atoms with Gasteiger partial charge in [0.25, 0.3) is 0 Å². The predicted molar refractivity (Wildman–Crippen MR) is 119 cm³/mol. The van der Waals surface area contributed by atoms with Crippen molar-refractivity contribution in [1.82, 2.24) is 0 Å². The van der Waals surface area contributed by atoms with Crippen molar-refractivity contribution < 1.29 is 31.8 Å². The number of alkyl halides is 4. The minimum Gasteiger partial charge on any atom is -0.496 e. The molecule has 33 heavy (non-hydrogen) atoms. The Morgan fingerprint density at radius 3 is 2.42 bits per heavy atom. The summed E-state index contributed by atoms with van der Waals surface area (Å²) in [6.07, 6.45) is 2.82. The number of halogens is 4. The number of methoxy groups -OCH3 is 1. The van der Waals surface area contributed by atoms with Crippen LogP contribution < -0.4 is 9.64 Å². The van der Waals surface area contributed by atoms with Crippen molar-refractivity contribution in [2.45, 2.75) is 38.2 Å². The third kappa shape index (κ3) is 6.81. The fraction of sp³-hybridized carbons (Fsp3) is 0.400. The highest BCUT2D eigenvalue weighted by Gasteiger charge is 2.41. The summed E-state index contributed by atoms with van der Waals surface area (Å²) >= 11 is 0. The zero-order valence-corrected chi connectivity index (χ0v) is 18.4. The van der Waals surface area contributed by atoms with E-state index in [4.69, 9.17) is 9.47 Å². The molecular weight excluding hydrogens is 438 g/mol. The Kier molecular flexibility index (Phi) is 8.49. The molecule has 2 aromatic rings. The zero-order chi connectivity index (χ0) is 23.8. The van der Waals surface area contributed by atoms with Gasteiger partial charge in [-0.15, -0.1) is 0 Å². The van der Waals surface area contributed by atoms with Crippen molar-refractivity contribution >= 4 is 17.5 Å². The molecule has 0 unspecified atom stereocenters. The third-order valence-electron chi connectivity index (χ3n) is 5.48. The first kappa shape index (κ1) is 24.8. The van der Waals surface area contributed by atoms with Crippen molar-refractivity contribution in [1.29, 1.82) is 0 Å². The van der Waals surface area contributed by atoms with Crippen LogP contribution in [0.15, 0.2) is 48.5 Å². The molecule has 0 N–H and O–H groups in total. The van der Waals surface area contributed by atoms with E-state index in [2.05, 4.69) is 4.90 Å². The number of hydrogen-bond acceptors (Lipinski definition) is 4. The van der Waals surface area contributed by atoms with Crippen molar-refractivity contribution in [3.63, 3.8) is 0 Å². The lowest BCUT2D eigenvalue weighted by atomic mass is 10.1. The van der Waals surface area contributed by atoms with Gasteiger partial charge in [-0.1, -0.05) is 12.1 Å². The van der Waals surface area contributed by atoms with Gasteiger partial charge < -0.3 is 14.4 Å². The van der Waals surface area contributed by atoms with Crippen LogP contribution in [0.2, 0.25) is 0 Å². The average molecular weight is 465 g/mol. The number of rotatable bonds is 10. The molecule has 0 bridgehead atoms. The number of piperidine rings is 1. The lowest BCUT2D eigenvalue weighted by molar-refractivity contribution is -0.168. The van der Waals surface area contributed by atoms with E-state index in [0.717, 1.165) is 18.8 Å². The summed E-state index contributed by atoms with van der Waals surface area (Å²) in [6.45, 7) is 0.311. The zero-order valence-electron chi connectivity index (χ0n) is 18.4. The smallest absolute Gasteiger partial charge is 0.330 e. The summed E-state index contributed by atoms with van der Waals surface area (Å²) in [5.41, 5.74) is 2.68. The quantitative estimate of drug-likeness (QED) is 0.245. The van der Waals surface area contributed by atoms with Crippen molar-refractivity contribution in [3.05, 3.63) is 65.2 Å². The maximum Gasteiger partial charge on any atom is 0.330 e. The molecular formula is C25H27F4NO3. The van der Waals surface area contributed by atoms with Crippen LogP contribution in [-0.4, -0.2) is 44.9 Å². The number of nitrogens with zero attached hydrogens (tertiary/aromatic N) is 1. The highest BCUT2D eigenvalue weighted by atomic mass is 19.3. The first-order valence-corrected chi connectivity index (χ1v) is 10.8. The largest absolute Gasteiger partial charge is 0.496 e. The Labute approximate surface area is 190 Å². The molecule has 1 heterocycles. The topological polar surface area (TPSA) is 38.8 Å². The standard InChI is InChI=1S/C25H27F4NO3/c1-32-23-12-6-18(15-20(23)16-33-17-25(28,29)24(26)27)5-11-22(31)19-7-9-21(10-8-19)30-13-3-2-4-14-30/h5-12,15,24H,2-4,13-14,16-17H2,1H3/b11-5+. The number of carbonyl (C=O) groups excluding carboxylic acids is 1. The van der Waals surface area contributed by atoms with Crippen LogP contribution in [0, 0.1) is 0 Å². The molecule has 4 nitrogen and oxygen atoms in total. The number of hydrogen-bond donors (Lipinski definition) is 0. The molecule has 178 valence electrons. The van der Waals surface area contributed by atoms with Crippen LogP contribution in [0.4, 0.5) is 23.2 Å². The van der Waals surface area contributed by atoms with E-state index in [-0.39, 0.29) is 12.4 Å². The molecule has 1 fully saturated rings. The van der Waals surface area contributed by atoms with E-state index in [1.165, 1.54) is 32.4 Å². The Bertz CT molecular complexity index is 955. The number of anilines is 1. The average Bonchev–Trinajstić information content (AvgIpc) is 2.83. The summed E-state index contributed by atoms with van der Waals surface area (Å²) in [7, 11) is 1.40. The van der Waals surface area contributed by atoms with Gasteiger partial charge in [0.05, 0.1) is 13.7 Å². The summed E-state index contributed by atoms with van der Waals surface area (Å²) in [5, 5.41) is 0. The van der Waals surface area contributed by atoms with Gasteiger partial charge in [-0.2, -0.15) is 8.78 Å². The molecule has 0 spiro atoms. The summed E-state index contributed by atoms with van der Waals surface area (Å²) < 4.78 is 60.6. The fourth-order valence-corrected chi connectivity index (χ4v) is 3.63. The van der Waals surface area contributed by atoms with Crippen LogP contribution in [0.3, 0.4) is 0 Å². The van der Waals surface area contributed by atoms with E-state index in [1.54, 1.807) is 36.4 Å². The second kappa shape index (κ2) is 11.3. The molecule has 0 amide bonds. The van der Waals surface area contributed by atoms with Crippen LogP contribution in [0.5, 0.6) is 5.75 Å². The maximum absolute atomic E-state index is 13.1. The Morgan fingerprint density at radius 1 is 1.09 bits per heavy atom. The lowest BCUT2D eigenvalue weighted by Crippen LogP contribution is -2.32. The molecule has 0 radical (unpaired) electrons. The van der Waals surface area contributed by atoms with Gasteiger partial charge in [-0.25, -0.2) is 8.78 Å². The van der Waals surface area contributed by atoms with Crippen LogP contribution >= 0.6 is 0 Å². The van der Waals surface area contributed by atoms with Gasteiger partial charge in [-0.05, 0) is 67.3 Å². The van der Waals surface area contributed by atoms with Gasteiger partial charge in [0.2, 0.25) is 0 Å². The summed E-state index contributed by atoms with van der Waals surface area (Å²) in [6, 6.07) is 12.4. The number of allylic oxidation sites excluding steroid dienone is 1. The van der Waals surface area contributed by atoms with E-state index in [1.807, 2.05) is 12.1 Å². The molecule has 2 aromatic carbocycles. The first-order chi connectivity index (χ1) is 15.8. The molecule has 0 atom stereocenters. The number of ketones is 1. The highest BCUT2D eigenvalue weighted by molar-refractivity contribution is 6.07. The number of ether oxygens (including phenoxy) is 2. The highest BCUT2D eigenvalue weighted by Crippen LogP contribution is 2.26.